The van der Waals surface area contributed by atoms with E-state index in [2.05, 4.69) is 5.32 Å². The van der Waals surface area contributed by atoms with Gasteiger partial charge in [0.2, 0.25) is 11.8 Å². The van der Waals surface area contributed by atoms with Gasteiger partial charge < -0.3 is 14.8 Å². The predicted molar refractivity (Wildman–Crippen MR) is 106 cm³/mol. The molecule has 2 amide bonds. The minimum atomic E-state index is -0.0339. The van der Waals surface area contributed by atoms with Gasteiger partial charge in [0.15, 0.2) is 0 Å². The Morgan fingerprint density at radius 2 is 1.81 bits per heavy atom. The average Bonchev–Trinajstić information content (AvgIpc) is 2.84. The van der Waals surface area contributed by atoms with Crippen molar-refractivity contribution in [1.82, 2.24) is 19.8 Å². The molecule has 6 nitrogen and oxygen atoms in total. The molecule has 0 aliphatic carbocycles. The second-order valence-corrected chi connectivity index (χ2v) is 7.59. The van der Waals surface area contributed by atoms with Crippen molar-refractivity contribution in [2.75, 3.05) is 19.6 Å². The standard InChI is InChI=1S/C21H30N4O2/c1-16(2)21(27)22-12-11-19-23-17-9-5-6-10-18(17)25(19)15-20(26)24-13-7-3-4-8-14-24/h5-6,9-10,16H,3-4,7-8,11-15H2,1-2H3,(H,22,27). The van der Waals surface area contributed by atoms with Gasteiger partial charge in [-0.3, -0.25) is 9.59 Å². The molecule has 0 unspecified atom stereocenters. The van der Waals surface area contributed by atoms with Gasteiger partial charge in [-0.2, -0.15) is 0 Å². The van der Waals surface area contributed by atoms with E-state index in [4.69, 9.17) is 4.98 Å². The molecule has 0 radical (unpaired) electrons. The number of para-hydroxylation sites is 2. The molecule has 1 aliphatic rings. The van der Waals surface area contributed by atoms with Gasteiger partial charge in [-0.1, -0.05) is 38.8 Å². The van der Waals surface area contributed by atoms with Crippen molar-refractivity contribution in [2.45, 2.75) is 52.5 Å². The van der Waals surface area contributed by atoms with E-state index in [-0.39, 0.29) is 17.7 Å². The van der Waals surface area contributed by atoms with Crippen LogP contribution in [0.4, 0.5) is 0 Å². The fraction of sp³-hybridized carbons (Fsp3) is 0.571. The van der Waals surface area contributed by atoms with Gasteiger partial charge in [-0.25, -0.2) is 4.98 Å². The number of nitrogens with one attached hydrogen (secondary N) is 1. The lowest BCUT2D eigenvalue weighted by Crippen LogP contribution is -2.35. The van der Waals surface area contributed by atoms with Crippen LogP contribution in [0, 0.1) is 5.92 Å². The Labute approximate surface area is 160 Å². The molecule has 3 rings (SSSR count). The second-order valence-electron chi connectivity index (χ2n) is 7.59. The summed E-state index contributed by atoms with van der Waals surface area (Å²) >= 11 is 0. The minimum absolute atomic E-state index is 0.0339. The van der Waals surface area contributed by atoms with E-state index in [1.54, 1.807) is 0 Å². The summed E-state index contributed by atoms with van der Waals surface area (Å²) < 4.78 is 2.02. The number of rotatable bonds is 6. The lowest BCUT2D eigenvalue weighted by molar-refractivity contribution is -0.131. The summed E-state index contributed by atoms with van der Waals surface area (Å²) in [6.45, 7) is 6.30. The number of nitrogens with zero attached hydrogens (tertiary/aromatic N) is 3. The number of imidazole rings is 1. The summed E-state index contributed by atoms with van der Waals surface area (Å²) in [6.07, 6.45) is 5.20. The number of fused-ring (bicyclic) bond motifs is 1. The summed E-state index contributed by atoms with van der Waals surface area (Å²) in [5, 5.41) is 2.94. The molecule has 0 bridgehead atoms. The Morgan fingerprint density at radius 3 is 2.52 bits per heavy atom. The number of likely N-dealkylation sites (tertiary alicyclic amines) is 1. The van der Waals surface area contributed by atoms with Crippen molar-refractivity contribution in [1.29, 1.82) is 0 Å². The highest BCUT2D eigenvalue weighted by atomic mass is 16.2. The molecule has 27 heavy (non-hydrogen) atoms. The molecule has 1 saturated heterocycles. The third kappa shape index (κ3) is 4.87. The lowest BCUT2D eigenvalue weighted by atomic mass is 10.2. The number of hydrogen-bond donors (Lipinski definition) is 1. The first-order valence-corrected chi connectivity index (χ1v) is 10.1. The van der Waals surface area contributed by atoms with Gasteiger partial charge >= 0.3 is 0 Å². The zero-order valence-corrected chi connectivity index (χ0v) is 16.4. The fourth-order valence-corrected chi connectivity index (χ4v) is 3.55. The molecule has 1 aromatic carbocycles. The molecule has 6 heteroatoms. The zero-order valence-electron chi connectivity index (χ0n) is 16.4. The molecule has 0 spiro atoms. The maximum Gasteiger partial charge on any atom is 0.242 e. The van der Waals surface area contributed by atoms with E-state index < -0.39 is 0 Å². The molecule has 2 heterocycles. The molecule has 146 valence electrons. The molecule has 1 aliphatic heterocycles. The molecule has 1 aromatic heterocycles. The van der Waals surface area contributed by atoms with Crippen molar-refractivity contribution in [2.24, 2.45) is 5.92 Å². The molecular formula is C21H30N4O2. The smallest absolute Gasteiger partial charge is 0.242 e. The second kappa shape index (κ2) is 9.02. The van der Waals surface area contributed by atoms with E-state index >= 15 is 0 Å². The highest BCUT2D eigenvalue weighted by molar-refractivity contribution is 5.81. The normalized spacial score (nSPS) is 15.1. The molecule has 0 atom stereocenters. The molecule has 1 fully saturated rings. The maximum atomic E-state index is 12.9. The monoisotopic (exact) mass is 370 g/mol. The summed E-state index contributed by atoms with van der Waals surface area (Å²) in [6, 6.07) is 7.91. The van der Waals surface area contributed by atoms with Crippen molar-refractivity contribution < 1.29 is 9.59 Å². The number of benzene rings is 1. The SMILES string of the molecule is CC(C)C(=O)NCCc1nc2ccccc2n1CC(=O)N1CCCCCC1. The highest BCUT2D eigenvalue weighted by Crippen LogP contribution is 2.18. The number of carbonyl (C=O) groups excluding carboxylic acids is 2. The zero-order chi connectivity index (χ0) is 19.2. The molecular weight excluding hydrogens is 340 g/mol. The Kier molecular flexibility index (Phi) is 6.48. The van der Waals surface area contributed by atoms with Crippen LogP contribution in [0.3, 0.4) is 0 Å². The van der Waals surface area contributed by atoms with Gasteiger partial charge in [0.1, 0.15) is 12.4 Å². The van der Waals surface area contributed by atoms with Crippen LogP contribution in [0.15, 0.2) is 24.3 Å². The van der Waals surface area contributed by atoms with E-state index in [0.29, 0.717) is 19.5 Å². The topological polar surface area (TPSA) is 67.2 Å². The third-order valence-electron chi connectivity index (χ3n) is 5.16. The fourth-order valence-electron chi connectivity index (χ4n) is 3.55. The largest absolute Gasteiger partial charge is 0.355 e. The van der Waals surface area contributed by atoms with Crippen molar-refractivity contribution in [3.05, 3.63) is 30.1 Å². The third-order valence-corrected chi connectivity index (χ3v) is 5.16. The Balaban J connectivity index is 1.75. The molecule has 1 N–H and O–H groups in total. The van der Waals surface area contributed by atoms with Crippen LogP contribution in [0.25, 0.3) is 11.0 Å². The quantitative estimate of drug-likeness (QED) is 0.850. The van der Waals surface area contributed by atoms with E-state index in [0.717, 1.165) is 42.8 Å². The van der Waals surface area contributed by atoms with Crippen molar-refractivity contribution in [3.8, 4) is 0 Å². The summed E-state index contributed by atoms with van der Waals surface area (Å²) in [5.41, 5.74) is 1.87. The Morgan fingerprint density at radius 1 is 1.11 bits per heavy atom. The van der Waals surface area contributed by atoms with Gasteiger partial charge in [0.05, 0.1) is 11.0 Å². The first kappa shape index (κ1) is 19.4. The van der Waals surface area contributed by atoms with E-state index in [1.165, 1.54) is 12.8 Å². The average molecular weight is 370 g/mol. The number of hydrogen-bond acceptors (Lipinski definition) is 3. The van der Waals surface area contributed by atoms with Crippen LogP contribution in [0.5, 0.6) is 0 Å². The van der Waals surface area contributed by atoms with Gasteiger partial charge in [-0.05, 0) is 25.0 Å². The van der Waals surface area contributed by atoms with Crippen LogP contribution in [0.2, 0.25) is 0 Å². The van der Waals surface area contributed by atoms with Crippen LogP contribution in [-0.2, 0) is 22.6 Å². The Bertz CT molecular complexity index is 789. The molecule has 0 saturated carbocycles. The van der Waals surface area contributed by atoms with Crippen LogP contribution >= 0.6 is 0 Å². The molecule has 2 aromatic rings. The highest BCUT2D eigenvalue weighted by Gasteiger charge is 2.19. The predicted octanol–water partition coefficient (Wildman–Crippen LogP) is 2.75. The Hall–Kier alpha value is -2.37. The first-order valence-electron chi connectivity index (χ1n) is 10.1. The number of carbonyl (C=O) groups is 2. The van der Waals surface area contributed by atoms with E-state index in [9.17, 15) is 9.59 Å². The summed E-state index contributed by atoms with van der Waals surface area (Å²) in [4.78, 5) is 31.4. The van der Waals surface area contributed by atoms with Gasteiger partial charge in [0, 0.05) is 32.0 Å². The minimum Gasteiger partial charge on any atom is -0.355 e. The van der Waals surface area contributed by atoms with Crippen molar-refractivity contribution in [3.63, 3.8) is 0 Å². The van der Waals surface area contributed by atoms with Crippen LogP contribution in [-0.4, -0.2) is 45.9 Å². The summed E-state index contributed by atoms with van der Waals surface area (Å²) in [7, 11) is 0. The van der Waals surface area contributed by atoms with Crippen LogP contribution < -0.4 is 5.32 Å². The number of amides is 2. The van der Waals surface area contributed by atoms with Crippen LogP contribution in [0.1, 0.15) is 45.4 Å². The lowest BCUT2D eigenvalue weighted by Gasteiger charge is -2.21. The van der Waals surface area contributed by atoms with Gasteiger partial charge in [-0.15, -0.1) is 0 Å². The van der Waals surface area contributed by atoms with E-state index in [1.807, 2.05) is 47.6 Å². The summed E-state index contributed by atoms with van der Waals surface area (Å²) in [5.74, 6) is 1.02. The number of aromatic nitrogens is 2. The van der Waals surface area contributed by atoms with Gasteiger partial charge in [0.25, 0.3) is 0 Å². The first-order chi connectivity index (χ1) is 13.1. The van der Waals surface area contributed by atoms with Crippen molar-refractivity contribution >= 4 is 22.8 Å². The maximum absolute atomic E-state index is 12.9.